The van der Waals surface area contributed by atoms with E-state index in [1.165, 1.54) is 6.07 Å². The van der Waals surface area contributed by atoms with Crippen LogP contribution in [0.1, 0.15) is 32.3 Å². The molecule has 2 nitrogen and oxygen atoms in total. The molecule has 0 heterocycles. The van der Waals surface area contributed by atoms with E-state index in [1.807, 2.05) is 6.07 Å². The number of rotatable bonds is 9. The highest BCUT2D eigenvalue weighted by Gasteiger charge is 2.12. The summed E-state index contributed by atoms with van der Waals surface area (Å²) in [7, 11) is 0. The molecule has 0 spiro atoms. The van der Waals surface area contributed by atoms with Crippen molar-refractivity contribution in [3.8, 4) is 0 Å². The van der Waals surface area contributed by atoms with Gasteiger partial charge in [-0.05, 0) is 49.6 Å². The summed E-state index contributed by atoms with van der Waals surface area (Å²) in [5, 5.41) is 3.42. The van der Waals surface area contributed by atoms with Crippen molar-refractivity contribution in [1.82, 2.24) is 5.32 Å². The van der Waals surface area contributed by atoms with E-state index in [1.54, 1.807) is 6.07 Å². The summed E-state index contributed by atoms with van der Waals surface area (Å²) in [6, 6.07) is 5.23. The van der Waals surface area contributed by atoms with E-state index < -0.39 is 0 Å². The van der Waals surface area contributed by atoms with Crippen LogP contribution in [0.15, 0.2) is 22.7 Å². The second-order valence-electron chi connectivity index (χ2n) is 4.67. The Bertz CT molecular complexity index is 373. The van der Waals surface area contributed by atoms with Gasteiger partial charge in [0.05, 0.1) is 6.61 Å². The van der Waals surface area contributed by atoms with E-state index in [9.17, 15) is 4.39 Å². The molecule has 0 amide bonds. The number of nitrogens with one attached hydrogen (secondary N) is 1. The standard InChI is InChI=1S/C15H23BrFNO/c1-3-7-18-14(11-19-8-4-2)10-12-9-13(16)5-6-15(12)17/h5-6,9,14,18H,3-4,7-8,10-11H2,1-2H3. The molecule has 0 bridgehead atoms. The summed E-state index contributed by atoms with van der Waals surface area (Å²) in [6.45, 7) is 6.51. The maximum absolute atomic E-state index is 13.8. The highest BCUT2D eigenvalue weighted by molar-refractivity contribution is 9.10. The third-order valence-electron chi connectivity index (χ3n) is 2.82. The summed E-state index contributed by atoms with van der Waals surface area (Å²) in [5.74, 6) is -0.151. The molecule has 108 valence electrons. The van der Waals surface area contributed by atoms with Crippen molar-refractivity contribution in [3.63, 3.8) is 0 Å². The summed E-state index contributed by atoms with van der Waals surface area (Å²) in [5.41, 5.74) is 0.725. The van der Waals surface area contributed by atoms with Crippen molar-refractivity contribution >= 4 is 15.9 Å². The molecule has 1 rings (SSSR count). The number of halogens is 2. The van der Waals surface area contributed by atoms with E-state index in [0.29, 0.717) is 13.0 Å². The minimum absolute atomic E-state index is 0.151. The van der Waals surface area contributed by atoms with E-state index in [-0.39, 0.29) is 11.9 Å². The molecule has 0 radical (unpaired) electrons. The van der Waals surface area contributed by atoms with Crippen molar-refractivity contribution in [2.75, 3.05) is 19.8 Å². The van der Waals surface area contributed by atoms with Crippen LogP contribution in [-0.2, 0) is 11.2 Å². The van der Waals surface area contributed by atoms with Crippen LogP contribution >= 0.6 is 15.9 Å². The highest BCUT2D eigenvalue weighted by Crippen LogP contribution is 2.17. The first-order chi connectivity index (χ1) is 9.17. The smallest absolute Gasteiger partial charge is 0.126 e. The number of hydrogen-bond donors (Lipinski definition) is 1. The number of ether oxygens (including phenoxy) is 1. The van der Waals surface area contributed by atoms with Gasteiger partial charge in [-0.2, -0.15) is 0 Å². The minimum Gasteiger partial charge on any atom is -0.380 e. The van der Waals surface area contributed by atoms with E-state index >= 15 is 0 Å². The summed E-state index contributed by atoms with van der Waals surface area (Å²) < 4.78 is 20.2. The Morgan fingerprint density at radius 1 is 1.32 bits per heavy atom. The van der Waals surface area contributed by atoms with Crippen molar-refractivity contribution in [1.29, 1.82) is 0 Å². The second-order valence-corrected chi connectivity index (χ2v) is 5.58. The lowest BCUT2D eigenvalue weighted by molar-refractivity contribution is 0.111. The third-order valence-corrected chi connectivity index (χ3v) is 3.32. The highest BCUT2D eigenvalue weighted by atomic mass is 79.9. The molecule has 4 heteroatoms. The molecule has 1 N–H and O–H groups in total. The van der Waals surface area contributed by atoms with Gasteiger partial charge in [0, 0.05) is 17.1 Å². The molecular formula is C15H23BrFNO. The van der Waals surface area contributed by atoms with Gasteiger partial charge in [-0.1, -0.05) is 29.8 Å². The zero-order chi connectivity index (χ0) is 14.1. The molecule has 1 aromatic rings. The van der Waals surface area contributed by atoms with E-state index in [2.05, 4.69) is 35.1 Å². The first kappa shape index (κ1) is 16.6. The Labute approximate surface area is 123 Å². The number of hydrogen-bond acceptors (Lipinski definition) is 2. The Morgan fingerprint density at radius 2 is 2.11 bits per heavy atom. The first-order valence-corrected chi connectivity index (χ1v) is 7.71. The molecule has 1 unspecified atom stereocenters. The van der Waals surface area contributed by atoms with Crippen LogP contribution in [0, 0.1) is 5.82 Å². The molecule has 0 aliphatic rings. The zero-order valence-corrected chi connectivity index (χ0v) is 13.3. The summed E-state index contributed by atoms with van der Waals surface area (Å²) in [6.07, 6.45) is 2.71. The van der Waals surface area contributed by atoms with Crippen LogP contribution in [0.4, 0.5) is 4.39 Å². The predicted molar refractivity (Wildman–Crippen MR) is 81.0 cm³/mol. The Balaban J connectivity index is 2.61. The van der Waals surface area contributed by atoms with Crippen LogP contribution in [0.25, 0.3) is 0 Å². The lowest BCUT2D eigenvalue weighted by Crippen LogP contribution is -2.36. The monoisotopic (exact) mass is 331 g/mol. The van der Waals surface area contributed by atoms with Gasteiger partial charge in [-0.15, -0.1) is 0 Å². The van der Waals surface area contributed by atoms with Gasteiger partial charge in [0.1, 0.15) is 5.82 Å². The average Bonchev–Trinajstić information content (AvgIpc) is 2.40. The van der Waals surface area contributed by atoms with Gasteiger partial charge in [0.15, 0.2) is 0 Å². The molecule has 0 aromatic heterocycles. The van der Waals surface area contributed by atoms with Gasteiger partial charge in [-0.25, -0.2) is 4.39 Å². The summed E-state index contributed by atoms with van der Waals surface area (Å²) >= 11 is 3.38. The average molecular weight is 332 g/mol. The molecule has 0 saturated carbocycles. The number of benzene rings is 1. The van der Waals surface area contributed by atoms with Gasteiger partial charge in [0.2, 0.25) is 0 Å². The molecule has 19 heavy (non-hydrogen) atoms. The Hall–Kier alpha value is -0.450. The fourth-order valence-electron chi connectivity index (χ4n) is 1.87. The molecule has 0 aliphatic carbocycles. The third kappa shape index (κ3) is 6.50. The van der Waals surface area contributed by atoms with Crippen LogP contribution in [0.2, 0.25) is 0 Å². The van der Waals surface area contributed by atoms with Gasteiger partial charge in [0.25, 0.3) is 0 Å². The van der Waals surface area contributed by atoms with E-state index in [0.717, 1.165) is 36.0 Å². The topological polar surface area (TPSA) is 21.3 Å². The molecule has 1 atom stereocenters. The van der Waals surface area contributed by atoms with Gasteiger partial charge < -0.3 is 10.1 Å². The van der Waals surface area contributed by atoms with Crippen LogP contribution in [0.3, 0.4) is 0 Å². The maximum Gasteiger partial charge on any atom is 0.126 e. The molecule has 0 fully saturated rings. The van der Waals surface area contributed by atoms with Crippen molar-refractivity contribution < 1.29 is 9.13 Å². The second kappa shape index (κ2) is 9.45. The molecule has 1 aromatic carbocycles. The fourth-order valence-corrected chi connectivity index (χ4v) is 2.28. The van der Waals surface area contributed by atoms with E-state index in [4.69, 9.17) is 4.74 Å². The fraction of sp³-hybridized carbons (Fsp3) is 0.600. The Kier molecular flexibility index (Phi) is 8.26. The van der Waals surface area contributed by atoms with Gasteiger partial charge in [-0.3, -0.25) is 0 Å². The van der Waals surface area contributed by atoms with Crippen LogP contribution in [-0.4, -0.2) is 25.8 Å². The molecule has 0 aliphatic heterocycles. The van der Waals surface area contributed by atoms with Gasteiger partial charge >= 0.3 is 0 Å². The van der Waals surface area contributed by atoms with Crippen molar-refractivity contribution in [2.45, 2.75) is 39.2 Å². The Morgan fingerprint density at radius 3 is 2.79 bits per heavy atom. The zero-order valence-electron chi connectivity index (χ0n) is 11.7. The lowest BCUT2D eigenvalue weighted by atomic mass is 10.1. The maximum atomic E-state index is 13.8. The normalized spacial score (nSPS) is 12.6. The summed E-state index contributed by atoms with van der Waals surface area (Å²) in [4.78, 5) is 0. The van der Waals surface area contributed by atoms with Crippen LogP contribution in [0.5, 0.6) is 0 Å². The predicted octanol–water partition coefficient (Wildman–Crippen LogP) is 3.93. The molecular weight excluding hydrogens is 309 g/mol. The first-order valence-electron chi connectivity index (χ1n) is 6.92. The molecule has 0 saturated heterocycles. The quantitative estimate of drug-likeness (QED) is 0.692. The van der Waals surface area contributed by atoms with Crippen molar-refractivity contribution in [3.05, 3.63) is 34.1 Å². The minimum atomic E-state index is -0.151. The van der Waals surface area contributed by atoms with Crippen molar-refractivity contribution in [2.24, 2.45) is 0 Å². The van der Waals surface area contributed by atoms with Crippen LogP contribution < -0.4 is 5.32 Å². The largest absolute Gasteiger partial charge is 0.380 e. The SMILES string of the molecule is CCCNC(COCCC)Cc1cc(Br)ccc1F. The lowest BCUT2D eigenvalue weighted by Gasteiger charge is -2.19.